The monoisotopic (exact) mass is 261 g/mol. The fourth-order valence-corrected chi connectivity index (χ4v) is 1.83. The molecule has 0 aliphatic carbocycles. The summed E-state index contributed by atoms with van der Waals surface area (Å²) in [6.45, 7) is 0.551. The lowest BCUT2D eigenvalue weighted by molar-refractivity contribution is -0.115. The van der Waals surface area contributed by atoms with Crippen molar-refractivity contribution in [3.63, 3.8) is 0 Å². The van der Waals surface area contributed by atoms with E-state index in [9.17, 15) is 4.79 Å². The van der Waals surface area contributed by atoms with Gasteiger partial charge in [-0.15, -0.1) is 0 Å². The SMILES string of the molecule is CNCC(=O)Nc1c(Cl)cc(CN)cc1Cl. The summed E-state index contributed by atoms with van der Waals surface area (Å²) in [5.74, 6) is -0.202. The number of anilines is 1. The van der Waals surface area contributed by atoms with E-state index in [1.165, 1.54) is 0 Å². The Hall–Kier alpha value is -0.810. The second-order valence-corrected chi connectivity index (χ2v) is 4.03. The van der Waals surface area contributed by atoms with Crippen molar-refractivity contribution in [1.82, 2.24) is 5.32 Å². The van der Waals surface area contributed by atoms with Gasteiger partial charge in [-0.2, -0.15) is 0 Å². The molecule has 1 aromatic rings. The second-order valence-electron chi connectivity index (χ2n) is 3.22. The second kappa shape index (κ2) is 6.06. The van der Waals surface area contributed by atoms with Crippen LogP contribution in [0.1, 0.15) is 5.56 Å². The first-order chi connectivity index (χ1) is 7.58. The smallest absolute Gasteiger partial charge is 0.238 e. The molecule has 4 N–H and O–H groups in total. The molecule has 1 rings (SSSR count). The van der Waals surface area contributed by atoms with Gasteiger partial charge in [0.25, 0.3) is 0 Å². The van der Waals surface area contributed by atoms with E-state index >= 15 is 0 Å². The molecule has 0 aliphatic rings. The van der Waals surface area contributed by atoms with Gasteiger partial charge in [0.1, 0.15) is 0 Å². The number of likely N-dealkylation sites (N-methyl/N-ethyl adjacent to an activating group) is 1. The van der Waals surface area contributed by atoms with Crippen LogP contribution in [0.4, 0.5) is 5.69 Å². The van der Waals surface area contributed by atoms with Gasteiger partial charge in [0, 0.05) is 6.54 Å². The Bertz CT molecular complexity index is 373. The summed E-state index contributed by atoms with van der Waals surface area (Å²) in [7, 11) is 1.68. The number of halogens is 2. The van der Waals surface area contributed by atoms with E-state index in [-0.39, 0.29) is 12.5 Å². The minimum absolute atomic E-state index is 0.200. The number of hydrogen-bond acceptors (Lipinski definition) is 3. The van der Waals surface area contributed by atoms with Crippen LogP contribution in [0.15, 0.2) is 12.1 Å². The number of nitrogens with two attached hydrogens (primary N) is 1. The molecule has 0 fully saturated rings. The fourth-order valence-electron chi connectivity index (χ4n) is 1.21. The maximum Gasteiger partial charge on any atom is 0.238 e. The number of carbonyl (C=O) groups is 1. The molecule has 6 heteroatoms. The number of nitrogens with one attached hydrogen (secondary N) is 2. The van der Waals surface area contributed by atoms with Crippen LogP contribution in [-0.4, -0.2) is 19.5 Å². The molecule has 0 radical (unpaired) electrons. The van der Waals surface area contributed by atoms with E-state index in [1.54, 1.807) is 19.2 Å². The molecule has 0 aromatic heterocycles. The molecule has 1 amide bonds. The van der Waals surface area contributed by atoms with Crippen molar-refractivity contribution in [2.45, 2.75) is 6.54 Å². The van der Waals surface area contributed by atoms with Crippen LogP contribution in [0.25, 0.3) is 0 Å². The molecule has 0 unspecified atom stereocenters. The Morgan fingerprint density at radius 2 is 1.94 bits per heavy atom. The highest BCUT2D eigenvalue weighted by Gasteiger charge is 2.10. The quantitative estimate of drug-likeness (QED) is 0.772. The number of hydrogen-bond donors (Lipinski definition) is 3. The molecule has 4 nitrogen and oxygen atoms in total. The molecule has 16 heavy (non-hydrogen) atoms. The Balaban J connectivity index is 2.92. The lowest BCUT2D eigenvalue weighted by Crippen LogP contribution is -2.25. The molecule has 88 valence electrons. The summed E-state index contributed by atoms with van der Waals surface area (Å²) in [6, 6.07) is 3.37. The van der Waals surface area contributed by atoms with Crippen molar-refractivity contribution in [3.8, 4) is 0 Å². The first kappa shape index (κ1) is 13.3. The van der Waals surface area contributed by atoms with E-state index in [1.807, 2.05) is 0 Å². The van der Waals surface area contributed by atoms with Crippen LogP contribution in [0.3, 0.4) is 0 Å². The van der Waals surface area contributed by atoms with Gasteiger partial charge in [-0.25, -0.2) is 0 Å². The Morgan fingerprint density at radius 1 is 1.38 bits per heavy atom. The van der Waals surface area contributed by atoms with Gasteiger partial charge in [-0.1, -0.05) is 23.2 Å². The molecule has 0 heterocycles. The van der Waals surface area contributed by atoms with E-state index in [2.05, 4.69) is 10.6 Å². The number of rotatable bonds is 4. The molecule has 0 atom stereocenters. The summed E-state index contributed by atoms with van der Waals surface area (Å²) in [5, 5.41) is 6.13. The van der Waals surface area contributed by atoms with E-state index < -0.39 is 0 Å². The summed E-state index contributed by atoms with van der Waals surface area (Å²) in [4.78, 5) is 11.4. The Morgan fingerprint density at radius 3 is 2.38 bits per heavy atom. The number of carbonyl (C=O) groups excluding carboxylic acids is 1. The lowest BCUT2D eigenvalue weighted by atomic mass is 10.2. The molecular weight excluding hydrogens is 249 g/mol. The zero-order valence-corrected chi connectivity index (χ0v) is 10.3. The van der Waals surface area contributed by atoms with Crippen LogP contribution in [0, 0.1) is 0 Å². The summed E-state index contributed by atoms with van der Waals surface area (Å²) in [6.07, 6.45) is 0. The Kier molecular flexibility index (Phi) is 5.02. The van der Waals surface area contributed by atoms with Crippen molar-refractivity contribution in [3.05, 3.63) is 27.7 Å². The van der Waals surface area contributed by atoms with Crippen molar-refractivity contribution in [2.75, 3.05) is 18.9 Å². The van der Waals surface area contributed by atoms with Gasteiger partial charge in [-0.3, -0.25) is 4.79 Å². The van der Waals surface area contributed by atoms with Crippen molar-refractivity contribution >= 4 is 34.8 Å². The van der Waals surface area contributed by atoms with Gasteiger partial charge < -0.3 is 16.4 Å². The largest absolute Gasteiger partial charge is 0.326 e. The average molecular weight is 262 g/mol. The van der Waals surface area contributed by atoms with Crippen molar-refractivity contribution in [2.24, 2.45) is 5.73 Å². The van der Waals surface area contributed by atoms with Gasteiger partial charge in [-0.05, 0) is 24.7 Å². The molecule has 0 saturated carbocycles. The number of amides is 1. The zero-order chi connectivity index (χ0) is 12.1. The van der Waals surface area contributed by atoms with Crippen molar-refractivity contribution < 1.29 is 4.79 Å². The summed E-state index contributed by atoms with van der Waals surface area (Å²) < 4.78 is 0. The standard InChI is InChI=1S/C10H13Cl2N3O/c1-14-5-9(16)15-10-7(11)2-6(4-13)3-8(10)12/h2-3,14H,4-5,13H2,1H3,(H,15,16). The molecule has 1 aromatic carbocycles. The number of benzene rings is 1. The summed E-state index contributed by atoms with van der Waals surface area (Å²) in [5.41, 5.74) is 6.71. The summed E-state index contributed by atoms with van der Waals surface area (Å²) >= 11 is 12.0. The minimum atomic E-state index is -0.202. The maximum atomic E-state index is 11.4. The minimum Gasteiger partial charge on any atom is -0.326 e. The molecule has 0 saturated heterocycles. The molecule has 0 spiro atoms. The van der Waals surface area contributed by atoms with Crippen LogP contribution in [0.2, 0.25) is 10.0 Å². The highest BCUT2D eigenvalue weighted by molar-refractivity contribution is 6.39. The van der Waals surface area contributed by atoms with Crippen LogP contribution >= 0.6 is 23.2 Å². The third kappa shape index (κ3) is 3.35. The molecule has 0 aliphatic heterocycles. The average Bonchev–Trinajstić information content (AvgIpc) is 2.23. The predicted molar refractivity (Wildman–Crippen MR) is 66.9 cm³/mol. The van der Waals surface area contributed by atoms with Gasteiger partial charge >= 0.3 is 0 Å². The highest BCUT2D eigenvalue weighted by Crippen LogP contribution is 2.31. The van der Waals surface area contributed by atoms with E-state index in [0.29, 0.717) is 22.3 Å². The van der Waals surface area contributed by atoms with Gasteiger partial charge in [0.15, 0.2) is 0 Å². The predicted octanol–water partition coefficient (Wildman–Crippen LogP) is 1.61. The third-order valence-corrected chi connectivity index (χ3v) is 2.54. The highest BCUT2D eigenvalue weighted by atomic mass is 35.5. The fraction of sp³-hybridized carbons (Fsp3) is 0.300. The first-order valence-corrected chi connectivity index (χ1v) is 5.46. The van der Waals surface area contributed by atoms with E-state index in [0.717, 1.165) is 5.56 Å². The lowest BCUT2D eigenvalue weighted by Gasteiger charge is -2.10. The van der Waals surface area contributed by atoms with Crippen LogP contribution < -0.4 is 16.4 Å². The zero-order valence-electron chi connectivity index (χ0n) is 8.81. The topological polar surface area (TPSA) is 67.2 Å². The van der Waals surface area contributed by atoms with E-state index in [4.69, 9.17) is 28.9 Å². The first-order valence-electron chi connectivity index (χ1n) is 4.71. The van der Waals surface area contributed by atoms with Crippen LogP contribution in [-0.2, 0) is 11.3 Å². The maximum absolute atomic E-state index is 11.4. The van der Waals surface area contributed by atoms with Gasteiger partial charge in [0.2, 0.25) is 5.91 Å². The molecular formula is C10H13Cl2N3O. The molecule has 0 bridgehead atoms. The normalized spacial score (nSPS) is 10.2. The van der Waals surface area contributed by atoms with Crippen molar-refractivity contribution in [1.29, 1.82) is 0 Å². The Labute approximate surface area is 104 Å². The van der Waals surface area contributed by atoms with Crippen LogP contribution in [0.5, 0.6) is 0 Å². The third-order valence-electron chi connectivity index (χ3n) is 1.94. The van der Waals surface area contributed by atoms with Gasteiger partial charge in [0.05, 0.1) is 22.3 Å².